The number of imidazole rings is 2. The third kappa shape index (κ3) is 2.87. The third-order valence-electron chi connectivity index (χ3n) is 6.59. The van der Waals surface area contributed by atoms with Gasteiger partial charge >= 0.3 is 0 Å². The van der Waals surface area contributed by atoms with Crippen LogP contribution in [0.1, 0.15) is 22.3 Å². The van der Waals surface area contributed by atoms with Gasteiger partial charge in [0.05, 0.1) is 33.4 Å². The first kappa shape index (κ1) is 20.1. The van der Waals surface area contributed by atoms with Gasteiger partial charge in [0.15, 0.2) is 0 Å². The van der Waals surface area contributed by atoms with Gasteiger partial charge in [0.1, 0.15) is 11.6 Å². The molecule has 6 heteroatoms. The van der Waals surface area contributed by atoms with Gasteiger partial charge in [0.25, 0.3) is 0 Å². The van der Waals surface area contributed by atoms with Crippen molar-refractivity contribution in [2.24, 2.45) is 14.1 Å². The van der Waals surface area contributed by atoms with Crippen molar-refractivity contribution in [1.82, 2.24) is 19.1 Å². The highest BCUT2D eigenvalue weighted by Gasteiger charge is 2.17. The summed E-state index contributed by atoms with van der Waals surface area (Å²) in [6.45, 7) is 8.35. The standard InChI is InChI=1S/C26H28N6/c1-13-9-20-22(10-14(13)2)31(5)25(29-20)18-8-16(4)24-21(12-18)30-26(32(24)6)17-7-15(3)23(28)19(27)11-17/h7-12H,27-28H2,1-6H3. The van der Waals surface area contributed by atoms with Gasteiger partial charge in [-0.05, 0) is 86.3 Å². The van der Waals surface area contributed by atoms with Crippen LogP contribution in [-0.4, -0.2) is 19.1 Å². The second-order valence-corrected chi connectivity index (χ2v) is 8.87. The van der Waals surface area contributed by atoms with E-state index in [0.29, 0.717) is 11.4 Å². The minimum Gasteiger partial charge on any atom is -0.397 e. The number of aryl methyl sites for hydroxylation is 6. The second-order valence-electron chi connectivity index (χ2n) is 8.87. The quantitative estimate of drug-likeness (QED) is 0.382. The fourth-order valence-corrected chi connectivity index (χ4v) is 4.62. The Morgan fingerprint density at radius 2 is 1.22 bits per heavy atom. The number of nitrogens with zero attached hydrogens (tertiary/aromatic N) is 4. The lowest BCUT2D eigenvalue weighted by Crippen LogP contribution is -2.00. The van der Waals surface area contributed by atoms with Gasteiger partial charge in [-0.25, -0.2) is 9.97 Å². The van der Waals surface area contributed by atoms with Crippen LogP contribution in [0.2, 0.25) is 0 Å². The number of benzene rings is 3. The molecule has 0 spiro atoms. The van der Waals surface area contributed by atoms with Gasteiger partial charge < -0.3 is 20.6 Å². The van der Waals surface area contributed by atoms with Crippen molar-refractivity contribution in [1.29, 1.82) is 0 Å². The monoisotopic (exact) mass is 424 g/mol. The van der Waals surface area contributed by atoms with Gasteiger partial charge in [-0.1, -0.05) is 0 Å². The Hall–Kier alpha value is -3.80. The summed E-state index contributed by atoms with van der Waals surface area (Å²) in [6, 6.07) is 12.6. The van der Waals surface area contributed by atoms with Crippen LogP contribution in [0.3, 0.4) is 0 Å². The summed E-state index contributed by atoms with van der Waals surface area (Å²) in [7, 11) is 4.11. The van der Waals surface area contributed by atoms with Crippen LogP contribution >= 0.6 is 0 Å². The highest BCUT2D eigenvalue weighted by atomic mass is 15.1. The van der Waals surface area contributed by atoms with Crippen LogP contribution in [0.4, 0.5) is 11.4 Å². The molecule has 0 unspecified atom stereocenters. The molecule has 0 aliphatic rings. The Bertz CT molecular complexity index is 1530. The van der Waals surface area contributed by atoms with E-state index in [1.165, 1.54) is 11.1 Å². The predicted molar refractivity (Wildman–Crippen MR) is 134 cm³/mol. The molecule has 5 rings (SSSR count). The lowest BCUT2D eigenvalue weighted by atomic mass is 10.1. The fourth-order valence-electron chi connectivity index (χ4n) is 4.62. The van der Waals surface area contributed by atoms with Crippen LogP contribution in [0.15, 0.2) is 36.4 Å². The number of hydrogen-bond donors (Lipinski definition) is 2. The van der Waals surface area contributed by atoms with E-state index < -0.39 is 0 Å². The number of hydrogen-bond acceptors (Lipinski definition) is 4. The van der Waals surface area contributed by atoms with Crippen LogP contribution in [-0.2, 0) is 14.1 Å². The molecule has 0 amide bonds. The van der Waals surface area contributed by atoms with Crippen molar-refractivity contribution in [2.75, 3.05) is 11.5 Å². The lowest BCUT2D eigenvalue weighted by molar-refractivity contribution is 0.953. The van der Waals surface area contributed by atoms with Crippen LogP contribution < -0.4 is 11.5 Å². The Morgan fingerprint density at radius 1 is 0.625 bits per heavy atom. The van der Waals surface area contributed by atoms with E-state index in [-0.39, 0.29) is 0 Å². The van der Waals surface area contributed by atoms with E-state index >= 15 is 0 Å². The molecule has 0 saturated heterocycles. The summed E-state index contributed by atoms with van der Waals surface area (Å²) in [4.78, 5) is 9.93. The number of fused-ring (bicyclic) bond motifs is 2. The highest BCUT2D eigenvalue weighted by molar-refractivity contribution is 5.90. The minimum absolute atomic E-state index is 0.578. The van der Waals surface area contributed by atoms with E-state index in [2.05, 4.69) is 61.2 Å². The maximum Gasteiger partial charge on any atom is 0.140 e. The van der Waals surface area contributed by atoms with Crippen molar-refractivity contribution in [3.05, 3.63) is 58.7 Å². The van der Waals surface area contributed by atoms with Gasteiger partial charge in [-0.2, -0.15) is 0 Å². The van der Waals surface area contributed by atoms with Crippen LogP contribution in [0, 0.1) is 27.7 Å². The zero-order valence-corrected chi connectivity index (χ0v) is 19.4. The zero-order valence-electron chi connectivity index (χ0n) is 19.4. The molecule has 0 bridgehead atoms. The first-order valence-electron chi connectivity index (χ1n) is 10.7. The molecule has 3 aromatic carbocycles. The Labute approximate surface area is 187 Å². The van der Waals surface area contributed by atoms with Crippen molar-refractivity contribution in [3.8, 4) is 22.8 Å². The molecule has 4 N–H and O–H groups in total. The number of aromatic nitrogens is 4. The molecule has 0 fully saturated rings. The summed E-state index contributed by atoms with van der Waals surface area (Å²) in [5.74, 6) is 1.81. The third-order valence-corrected chi connectivity index (χ3v) is 6.59. The van der Waals surface area contributed by atoms with Crippen LogP contribution in [0.5, 0.6) is 0 Å². The number of rotatable bonds is 2. The van der Waals surface area contributed by atoms with Gasteiger partial charge in [0, 0.05) is 25.2 Å². The molecule has 5 aromatic rings. The molecule has 0 atom stereocenters. The fraction of sp³-hybridized carbons (Fsp3) is 0.231. The molecule has 2 heterocycles. The zero-order chi connectivity index (χ0) is 22.9. The van der Waals surface area contributed by atoms with Crippen molar-refractivity contribution in [2.45, 2.75) is 27.7 Å². The molecule has 0 radical (unpaired) electrons. The number of nitrogens with two attached hydrogens (primary N) is 2. The molecule has 6 nitrogen and oxygen atoms in total. The normalized spacial score (nSPS) is 11.7. The largest absolute Gasteiger partial charge is 0.397 e. The molecule has 32 heavy (non-hydrogen) atoms. The van der Waals surface area contributed by atoms with Crippen LogP contribution in [0.25, 0.3) is 44.8 Å². The molecule has 162 valence electrons. The molecule has 2 aromatic heterocycles. The van der Waals surface area contributed by atoms with Crippen molar-refractivity contribution in [3.63, 3.8) is 0 Å². The molecular formula is C26H28N6. The Balaban J connectivity index is 1.71. The summed E-state index contributed by atoms with van der Waals surface area (Å²) >= 11 is 0. The van der Waals surface area contributed by atoms with Gasteiger partial charge in [-0.3, -0.25) is 0 Å². The van der Waals surface area contributed by atoms with E-state index in [1.807, 2.05) is 26.1 Å². The number of nitrogen functional groups attached to an aromatic ring is 2. The summed E-state index contributed by atoms with van der Waals surface area (Å²) in [5, 5.41) is 0. The number of anilines is 2. The summed E-state index contributed by atoms with van der Waals surface area (Å²) in [5.41, 5.74) is 24.2. The topological polar surface area (TPSA) is 87.7 Å². The molecule has 0 aliphatic carbocycles. The second kappa shape index (κ2) is 6.85. The van der Waals surface area contributed by atoms with E-state index in [9.17, 15) is 0 Å². The minimum atomic E-state index is 0.578. The average molecular weight is 425 g/mol. The summed E-state index contributed by atoms with van der Waals surface area (Å²) < 4.78 is 4.29. The Morgan fingerprint density at radius 3 is 1.94 bits per heavy atom. The van der Waals surface area contributed by atoms with E-state index in [1.54, 1.807) is 0 Å². The Kier molecular flexibility index (Phi) is 4.31. The highest BCUT2D eigenvalue weighted by Crippen LogP contribution is 2.34. The van der Waals surface area contributed by atoms with E-state index in [4.69, 9.17) is 21.4 Å². The molecule has 0 aliphatic heterocycles. The van der Waals surface area contributed by atoms with Crippen molar-refractivity contribution < 1.29 is 0 Å². The smallest absolute Gasteiger partial charge is 0.140 e. The SMILES string of the molecule is Cc1cc2nc(-c3cc(C)c4c(c3)nc(-c3cc(C)c(N)c(N)c3)n4C)n(C)c2cc1C. The maximum absolute atomic E-state index is 6.13. The van der Waals surface area contributed by atoms with E-state index in [0.717, 1.165) is 56.0 Å². The molecular weight excluding hydrogens is 396 g/mol. The van der Waals surface area contributed by atoms with Gasteiger partial charge in [-0.15, -0.1) is 0 Å². The molecule has 0 saturated carbocycles. The van der Waals surface area contributed by atoms with Gasteiger partial charge in [0.2, 0.25) is 0 Å². The average Bonchev–Trinajstić information content (AvgIpc) is 3.23. The van der Waals surface area contributed by atoms with Crippen molar-refractivity contribution >= 4 is 33.4 Å². The first-order chi connectivity index (χ1) is 15.2. The summed E-state index contributed by atoms with van der Waals surface area (Å²) in [6.07, 6.45) is 0. The maximum atomic E-state index is 6.13. The first-order valence-corrected chi connectivity index (χ1v) is 10.7. The predicted octanol–water partition coefficient (Wildman–Crippen LogP) is 5.19. The lowest BCUT2D eigenvalue weighted by Gasteiger charge is -2.09.